The zero-order chi connectivity index (χ0) is 15.2. The van der Waals surface area contributed by atoms with E-state index in [1.165, 1.54) is 12.7 Å². The lowest BCUT2D eigenvalue weighted by molar-refractivity contribution is -0.514. The van der Waals surface area contributed by atoms with Crippen LogP contribution in [-0.4, -0.2) is 50.2 Å². The van der Waals surface area contributed by atoms with E-state index in [0.717, 1.165) is 30.0 Å². The molecule has 0 aliphatic carbocycles. The van der Waals surface area contributed by atoms with Crippen molar-refractivity contribution < 1.29 is 23.6 Å². The molecular formula is C16H22NO4+. The molecule has 0 N–H and O–H groups in total. The van der Waals surface area contributed by atoms with Crippen molar-refractivity contribution in [1.82, 2.24) is 0 Å². The predicted molar refractivity (Wildman–Crippen MR) is 79.7 cm³/mol. The van der Waals surface area contributed by atoms with Crippen LogP contribution in [0.5, 0.6) is 11.5 Å². The summed E-state index contributed by atoms with van der Waals surface area (Å²) in [7, 11) is 1.40. The smallest absolute Gasteiger partial charge is 0.371 e. The quantitative estimate of drug-likeness (QED) is 0.591. The second-order valence-corrected chi connectivity index (χ2v) is 4.79. The van der Waals surface area contributed by atoms with Gasteiger partial charge < -0.3 is 14.2 Å². The summed E-state index contributed by atoms with van der Waals surface area (Å²) in [4.78, 5) is 11.4. The van der Waals surface area contributed by atoms with Crippen LogP contribution in [0.4, 0.5) is 0 Å². The molecule has 0 atom stereocenters. The Labute approximate surface area is 125 Å². The first kappa shape index (κ1) is 15.4. The number of esters is 1. The summed E-state index contributed by atoms with van der Waals surface area (Å²) in [6, 6.07) is 4.02. The van der Waals surface area contributed by atoms with Crippen LogP contribution < -0.4 is 9.47 Å². The van der Waals surface area contributed by atoms with Gasteiger partial charge in [-0.2, -0.15) is 0 Å². The average molecular weight is 292 g/mol. The van der Waals surface area contributed by atoms with E-state index < -0.39 is 0 Å². The molecule has 5 nitrogen and oxygen atoms in total. The van der Waals surface area contributed by atoms with Crippen molar-refractivity contribution in [2.24, 2.45) is 0 Å². The number of carbonyl (C=O) groups excluding carboxylic acids is 1. The molecule has 1 aromatic carbocycles. The normalized spacial score (nSPS) is 13.2. The third-order valence-electron chi connectivity index (χ3n) is 3.36. The maximum Gasteiger partial charge on any atom is 0.371 e. The van der Waals surface area contributed by atoms with Gasteiger partial charge in [0.15, 0.2) is 17.7 Å². The number of fused-ring (bicyclic) bond motifs is 1. The fourth-order valence-electron chi connectivity index (χ4n) is 2.37. The van der Waals surface area contributed by atoms with Crippen LogP contribution in [0.3, 0.4) is 0 Å². The van der Waals surface area contributed by atoms with Crippen molar-refractivity contribution in [3.05, 3.63) is 23.3 Å². The van der Waals surface area contributed by atoms with Gasteiger partial charge in [0.1, 0.15) is 6.54 Å². The number of benzene rings is 1. The minimum atomic E-state index is -0.231. The number of methoxy groups -OCH3 is 1. The molecule has 0 amide bonds. The van der Waals surface area contributed by atoms with E-state index in [0.29, 0.717) is 13.2 Å². The molecule has 21 heavy (non-hydrogen) atoms. The van der Waals surface area contributed by atoms with Gasteiger partial charge in [-0.05, 0) is 31.5 Å². The summed E-state index contributed by atoms with van der Waals surface area (Å²) in [6.07, 6.45) is 2.85. The molecular weight excluding hydrogens is 270 g/mol. The van der Waals surface area contributed by atoms with E-state index in [1.807, 2.05) is 36.8 Å². The first-order valence-corrected chi connectivity index (χ1v) is 7.26. The van der Waals surface area contributed by atoms with Crippen molar-refractivity contribution in [3.63, 3.8) is 0 Å². The lowest BCUT2D eigenvalue weighted by Crippen LogP contribution is -2.28. The van der Waals surface area contributed by atoms with Crippen LogP contribution >= 0.6 is 0 Å². The zero-order valence-electron chi connectivity index (χ0n) is 12.8. The highest BCUT2D eigenvalue weighted by molar-refractivity contribution is 5.81. The second kappa shape index (κ2) is 7.11. The Balaban J connectivity index is 2.30. The van der Waals surface area contributed by atoms with Crippen LogP contribution in [0.15, 0.2) is 12.1 Å². The molecule has 1 aromatic rings. The lowest BCUT2D eigenvalue weighted by atomic mass is 10.0. The standard InChI is InChI=1S/C16H22NO4/c1-4-20-14-8-12-6-7-17(11-16(18)19-3)10-13(12)9-15(14)21-5-2/h8-10H,4-7,11H2,1-3H3/q+1. The molecule has 1 heterocycles. The van der Waals surface area contributed by atoms with Crippen molar-refractivity contribution in [2.45, 2.75) is 20.3 Å². The van der Waals surface area contributed by atoms with Crippen LogP contribution in [0.25, 0.3) is 0 Å². The fourth-order valence-corrected chi connectivity index (χ4v) is 2.37. The Morgan fingerprint density at radius 3 is 2.48 bits per heavy atom. The first-order valence-electron chi connectivity index (χ1n) is 7.26. The van der Waals surface area contributed by atoms with Gasteiger partial charge in [0, 0.05) is 12.0 Å². The highest BCUT2D eigenvalue weighted by Crippen LogP contribution is 2.31. The Morgan fingerprint density at radius 1 is 1.19 bits per heavy atom. The largest absolute Gasteiger partial charge is 0.490 e. The van der Waals surface area contributed by atoms with E-state index in [4.69, 9.17) is 14.2 Å². The molecule has 0 unspecified atom stereocenters. The molecule has 1 aliphatic rings. The average Bonchev–Trinajstić information content (AvgIpc) is 2.48. The third-order valence-corrected chi connectivity index (χ3v) is 3.36. The Kier molecular flexibility index (Phi) is 5.20. The van der Waals surface area contributed by atoms with Crippen LogP contribution in [-0.2, 0) is 16.0 Å². The molecule has 0 bridgehead atoms. The molecule has 5 heteroatoms. The summed E-state index contributed by atoms with van der Waals surface area (Å²) < 4.78 is 17.9. The van der Waals surface area contributed by atoms with Crippen molar-refractivity contribution in [2.75, 3.05) is 33.4 Å². The first-order chi connectivity index (χ1) is 10.2. The van der Waals surface area contributed by atoms with Gasteiger partial charge in [0.05, 0.1) is 20.3 Å². The highest BCUT2D eigenvalue weighted by Gasteiger charge is 2.21. The molecule has 0 aromatic heterocycles. The van der Waals surface area contributed by atoms with Gasteiger partial charge in [0.25, 0.3) is 0 Å². The lowest BCUT2D eigenvalue weighted by Gasteiger charge is -2.17. The Bertz CT molecular complexity index is 551. The van der Waals surface area contributed by atoms with Gasteiger partial charge in [-0.25, -0.2) is 9.37 Å². The number of rotatable bonds is 6. The highest BCUT2D eigenvalue weighted by atomic mass is 16.5. The van der Waals surface area contributed by atoms with E-state index in [9.17, 15) is 4.79 Å². The topological polar surface area (TPSA) is 47.8 Å². The molecule has 1 aliphatic heterocycles. The van der Waals surface area contributed by atoms with E-state index in [2.05, 4.69) is 0 Å². The maximum absolute atomic E-state index is 11.4. The molecule has 114 valence electrons. The molecule has 0 radical (unpaired) electrons. The number of nitrogens with zero attached hydrogens (tertiary/aromatic N) is 1. The molecule has 0 saturated carbocycles. The summed E-state index contributed by atoms with van der Waals surface area (Å²) >= 11 is 0. The fraction of sp³-hybridized carbons (Fsp3) is 0.500. The van der Waals surface area contributed by atoms with Crippen LogP contribution in [0.1, 0.15) is 25.0 Å². The molecule has 0 fully saturated rings. The van der Waals surface area contributed by atoms with Crippen LogP contribution in [0, 0.1) is 0 Å². The number of ether oxygens (including phenoxy) is 3. The Morgan fingerprint density at radius 2 is 1.86 bits per heavy atom. The third kappa shape index (κ3) is 3.74. The molecule has 0 spiro atoms. The van der Waals surface area contributed by atoms with Crippen LogP contribution in [0.2, 0.25) is 0 Å². The number of hydrogen-bond acceptors (Lipinski definition) is 4. The molecule has 2 rings (SSSR count). The van der Waals surface area contributed by atoms with Crippen molar-refractivity contribution in [1.29, 1.82) is 0 Å². The predicted octanol–water partition coefficient (Wildman–Crippen LogP) is 1.64. The van der Waals surface area contributed by atoms with Crippen molar-refractivity contribution >= 4 is 12.2 Å². The SMILES string of the molecule is CCOc1cc2c(cc1OCC)CC[N+](CC(=O)OC)=C2. The summed E-state index contributed by atoms with van der Waals surface area (Å²) in [5.41, 5.74) is 2.28. The Hall–Kier alpha value is -2.04. The van der Waals surface area contributed by atoms with E-state index >= 15 is 0 Å². The monoisotopic (exact) mass is 292 g/mol. The maximum atomic E-state index is 11.4. The summed E-state index contributed by atoms with van der Waals surface area (Å²) in [6.45, 7) is 6.17. The second-order valence-electron chi connectivity index (χ2n) is 4.79. The summed E-state index contributed by atoms with van der Waals surface area (Å²) in [5, 5.41) is 0. The van der Waals surface area contributed by atoms with Gasteiger partial charge >= 0.3 is 5.97 Å². The van der Waals surface area contributed by atoms with Gasteiger partial charge in [-0.3, -0.25) is 0 Å². The minimum Gasteiger partial charge on any atom is -0.490 e. The summed E-state index contributed by atoms with van der Waals surface area (Å²) in [5.74, 6) is 1.30. The van der Waals surface area contributed by atoms with Crippen molar-refractivity contribution in [3.8, 4) is 11.5 Å². The molecule has 0 saturated heterocycles. The van der Waals surface area contributed by atoms with Gasteiger partial charge in [-0.1, -0.05) is 0 Å². The number of hydrogen-bond donors (Lipinski definition) is 0. The zero-order valence-corrected chi connectivity index (χ0v) is 12.8. The van der Waals surface area contributed by atoms with Gasteiger partial charge in [0.2, 0.25) is 6.54 Å². The van der Waals surface area contributed by atoms with E-state index in [1.54, 1.807) is 0 Å². The number of carbonyl (C=O) groups is 1. The minimum absolute atomic E-state index is 0.231. The van der Waals surface area contributed by atoms with E-state index in [-0.39, 0.29) is 12.5 Å². The van der Waals surface area contributed by atoms with Gasteiger partial charge in [-0.15, -0.1) is 0 Å².